The van der Waals surface area contributed by atoms with E-state index >= 15 is 0 Å². The minimum Gasteiger partial charge on any atom is -0.496 e. The Balaban J connectivity index is 1.51. The molecule has 0 atom stereocenters. The number of aromatic nitrogens is 2. The van der Waals surface area contributed by atoms with Crippen LogP contribution in [-0.2, 0) is 20.0 Å². The first kappa shape index (κ1) is 24.6. The summed E-state index contributed by atoms with van der Waals surface area (Å²) < 4.78 is 7.70. The van der Waals surface area contributed by atoms with Gasteiger partial charge >= 0.3 is 0 Å². The first-order valence-electron chi connectivity index (χ1n) is 11.8. The fraction of sp³-hybridized carbons (Fsp3) is 0.207. The van der Waals surface area contributed by atoms with Crippen molar-refractivity contribution in [3.8, 4) is 22.9 Å². The predicted octanol–water partition coefficient (Wildman–Crippen LogP) is 4.71. The molecule has 0 aliphatic heterocycles. The SMILES string of the molecule is COc1cc(CCCN(Cc2cncn2C)c2ccc(C#N)cc2)ccc1-c1ccccc1C(N)=O. The Morgan fingerprint density at radius 1 is 1.11 bits per heavy atom. The summed E-state index contributed by atoms with van der Waals surface area (Å²) in [7, 11) is 3.62. The number of carbonyl (C=O) groups is 1. The molecule has 0 unspecified atom stereocenters. The number of amides is 1. The minimum absolute atomic E-state index is 0.465. The fourth-order valence-electron chi connectivity index (χ4n) is 4.30. The molecule has 7 heteroatoms. The van der Waals surface area contributed by atoms with Crippen molar-refractivity contribution in [2.24, 2.45) is 12.8 Å². The topological polar surface area (TPSA) is 97.2 Å². The Bertz CT molecular complexity index is 1390. The molecule has 0 aliphatic carbocycles. The Kier molecular flexibility index (Phi) is 7.66. The third-order valence-corrected chi connectivity index (χ3v) is 6.27. The van der Waals surface area contributed by atoms with Crippen LogP contribution in [0.3, 0.4) is 0 Å². The molecule has 0 spiro atoms. The van der Waals surface area contributed by atoms with Crippen molar-refractivity contribution in [1.29, 1.82) is 5.26 Å². The molecule has 2 N–H and O–H groups in total. The van der Waals surface area contributed by atoms with Crippen LogP contribution in [0.5, 0.6) is 5.75 Å². The minimum atomic E-state index is -0.465. The zero-order chi connectivity index (χ0) is 25.5. The summed E-state index contributed by atoms with van der Waals surface area (Å²) in [6.45, 7) is 1.54. The highest BCUT2D eigenvalue weighted by atomic mass is 16.5. The molecular weight excluding hydrogens is 450 g/mol. The third-order valence-electron chi connectivity index (χ3n) is 6.27. The number of nitriles is 1. The normalized spacial score (nSPS) is 10.6. The highest BCUT2D eigenvalue weighted by Gasteiger charge is 2.15. The number of carbonyl (C=O) groups excluding carboxylic acids is 1. The smallest absolute Gasteiger partial charge is 0.249 e. The van der Waals surface area contributed by atoms with Crippen molar-refractivity contribution in [3.05, 3.63) is 102 Å². The molecule has 1 amide bonds. The molecule has 0 saturated carbocycles. The van der Waals surface area contributed by atoms with Crippen LogP contribution >= 0.6 is 0 Å². The molecule has 4 rings (SSSR count). The van der Waals surface area contributed by atoms with Gasteiger partial charge in [-0.1, -0.05) is 30.3 Å². The van der Waals surface area contributed by atoms with E-state index in [-0.39, 0.29) is 0 Å². The molecular formula is C29H29N5O2. The summed E-state index contributed by atoms with van der Waals surface area (Å²) in [4.78, 5) is 18.5. The third kappa shape index (κ3) is 5.56. The summed E-state index contributed by atoms with van der Waals surface area (Å²) in [5.41, 5.74) is 11.6. The van der Waals surface area contributed by atoms with Gasteiger partial charge in [0, 0.05) is 36.6 Å². The maximum Gasteiger partial charge on any atom is 0.249 e. The Labute approximate surface area is 211 Å². The average Bonchev–Trinajstić information content (AvgIpc) is 3.32. The number of hydrogen-bond acceptors (Lipinski definition) is 5. The maximum absolute atomic E-state index is 11.9. The van der Waals surface area contributed by atoms with E-state index in [0.717, 1.165) is 47.5 Å². The standard InChI is InChI=1S/C29H29N5O2/c1-33-20-32-18-24(33)19-34(23-12-9-22(17-30)10-13-23)15-5-6-21-11-14-26(28(16-21)36-2)25-7-3-4-8-27(25)29(31)35/h3-4,7-14,16,18,20H,5-6,15,19H2,1-2H3,(H2,31,35). The number of imidazole rings is 1. The van der Waals surface area contributed by atoms with Crippen LogP contribution in [0.2, 0.25) is 0 Å². The van der Waals surface area contributed by atoms with E-state index in [9.17, 15) is 4.79 Å². The van der Waals surface area contributed by atoms with Crippen LogP contribution in [0.25, 0.3) is 11.1 Å². The zero-order valence-electron chi connectivity index (χ0n) is 20.5. The number of hydrogen-bond donors (Lipinski definition) is 1. The van der Waals surface area contributed by atoms with Crippen LogP contribution in [0, 0.1) is 11.3 Å². The van der Waals surface area contributed by atoms with Crippen LogP contribution in [0.15, 0.2) is 79.3 Å². The van der Waals surface area contributed by atoms with Gasteiger partial charge in [-0.2, -0.15) is 5.26 Å². The second-order valence-electron chi connectivity index (χ2n) is 8.62. The molecule has 0 bridgehead atoms. The molecule has 0 aliphatic rings. The van der Waals surface area contributed by atoms with Gasteiger partial charge in [0.25, 0.3) is 0 Å². The van der Waals surface area contributed by atoms with Gasteiger partial charge in [0.1, 0.15) is 5.75 Å². The van der Waals surface area contributed by atoms with Gasteiger partial charge < -0.3 is 19.9 Å². The fourth-order valence-corrected chi connectivity index (χ4v) is 4.30. The van der Waals surface area contributed by atoms with E-state index < -0.39 is 5.91 Å². The first-order chi connectivity index (χ1) is 17.5. The zero-order valence-corrected chi connectivity index (χ0v) is 20.5. The molecule has 4 aromatic rings. The summed E-state index contributed by atoms with van der Waals surface area (Å²) in [6.07, 6.45) is 5.45. The average molecular weight is 480 g/mol. The molecule has 0 radical (unpaired) electrons. The van der Waals surface area contributed by atoms with Gasteiger partial charge in [0.05, 0.1) is 37.3 Å². The largest absolute Gasteiger partial charge is 0.496 e. The number of nitrogens with two attached hydrogens (primary N) is 1. The lowest BCUT2D eigenvalue weighted by Crippen LogP contribution is -2.25. The lowest BCUT2D eigenvalue weighted by molar-refractivity contribution is 0.100. The van der Waals surface area contributed by atoms with E-state index in [1.807, 2.05) is 66.3 Å². The number of primary amides is 1. The second-order valence-corrected chi connectivity index (χ2v) is 8.62. The van der Waals surface area contributed by atoms with Crippen molar-refractivity contribution in [2.45, 2.75) is 19.4 Å². The number of methoxy groups -OCH3 is 1. The number of ether oxygens (including phenoxy) is 1. The number of benzene rings is 3. The molecule has 3 aromatic carbocycles. The van der Waals surface area contributed by atoms with Gasteiger partial charge in [0.15, 0.2) is 0 Å². The monoisotopic (exact) mass is 479 g/mol. The molecule has 182 valence electrons. The highest BCUT2D eigenvalue weighted by Crippen LogP contribution is 2.33. The van der Waals surface area contributed by atoms with Crippen molar-refractivity contribution >= 4 is 11.6 Å². The van der Waals surface area contributed by atoms with E-state index in [1.54, 1.807) is 25.6 Å². The maximum atomic E-state index is 11.9. The Hall–Kier alpha value is -4.57. The first-order valence-corrected chi connectivity index (χ1v) is 11.8. The summed E-state index contributed by atoms with van der Waals surface area (Å²) in [5.74, 6) is 0.244. The van der Waals surface area contributed by atoms with Crippen LogP contribution < -0.4 is 15.4 Å². The van der Waals surface area contributed by atoms with Crippen molar-refractivity contribution in [3.63, 3.8) is 0 Å². The summed E-state index contributed by atoms with van der Waals surface area (Å²) in [6, 6.07) is 23.2. The van der Waals surface area contributed by atoms with Crippen LogP contribution in [0.4, 0.5) is 5.69 Å². The van der Waals surface area contributed by atoms with Crippen molar-refractivity contribution in [2.75, 3.05) is 18.6 Å². The highest BCUT2D eigenvalue weighted by molar-refractivity contribution is 6.00. The van der Waals surface area contributed by atoms with Gasteiger partial charge in [0.2, 0.25) is 5.91 Å². The van der Waals surface area contributed by atoms with Gasteiger partial charge in [-0.05, 0) is 60.4 Å². The van der Waals surface area contributed by atoms with Crippen LogP contribution in [-0.4, -0.2) is 29.1 Å². The molecule has 0 saturated heterocycles. The number of anilines is 1. The van der Waals surface area contributed by atoms with Gasteiger partial charge in [-0.15, -0.1) is 0 Å². The summed E-state index contributed by atoms with van der Waals surface area (Å²) >= 11 is 0. The van der Waals surface area contributed by atoms with Gasteiger partial charge in [-0.3, -0.25) is 4.79 Å². The molecule has 1 heterocycles. The number of aryl methyl sites for hydroxylation is 2. The molecule has 1 aromatic heterocycles. The number of nitrogens with zero attached hydrogens (tertiary/aromatic N) is 4. The van der Waals surface area contributed by atoms with E-state index in [4.69, 9.17) is 15.7 Å². The Morgan fingerprint density at radius 2 is 1.89 bits per heavy atom. The molecule has 36 heavy (non-hydrogen) atoms. The van der Waals surface area contributed by atoms with E-state index in [2.05, 4.69) is 22.0 Å². The Morgan fingerprint density at radius 3 is 2.56 bits per heavy atom. The van der Waals surface area contributed by atoms with Crippen molar-refractivity contribution in [1.82, 2.24) is 9.55 Å². The quantitative estimate of drug-likeness (QED) is 0.355. The second kappa shape index (κ2) is 11.2. The lowest BCUT2D eigenvalue weighted by Gasteiger charge is -2.25. The molecule has 0 fully saturated rings. The van der Waals surface area contributed by atoms with Crippen molar-refractivity contribution < 1.29 is 9.53 Å². The number of rotatable bonds is 10. The summed E-state index contributed by atoms with van der Waals surface area (Å²) in [5, 5.41) is 9.15. The van der Waals surface area contributed by atoms with E-state index in [1.165, 1.54) is 0 Å². The molecule has 7 nitrogen and oxygen atoms in total. The lowest BCUT2D eigenvalue weighted by atomic mass is 9.96. The van der Waals surface area contributed by atoms with Gasteiger partial charge in [-0.25, -0.2) is 4.98 Å². The van der Waals surface area contributed by atoms with Crippen LogP contribution in [0.1, 0.15) is 33.6 Å². The van der Waals surface area contributed by atoms with E-state index in [0.29, 0.717) is 23.4 Å². The predicted molar refractivity (Wildman–Crippen MR) is 141 cm³/mol.